The first kappa shape index (κ1) is 15.7. The van der Waals surface area contributed by atoms with Crippen molar-refractivity contribution in [1.29, 1.82) is 0 Å². The molecule has 1 rings (SSSR count). The molecule has 106 valence electrons. The van der Waals surface area contributed by atoms with E-state index in [9.17, 15) is 9.90 Å². The molecule has 0 saturated carbocycles. The van der Waals surface area contributed by atoms with E-state index in [1.807, 2.05) is 19.1 Å². The van der Waals surface area contributed by atoms with Crippen LogP contribution in [0.25, 0.3) is 0 Å². The molecule has 1 aromatic carbocycles. The number of hydrogen-bond donors (Lipinski definition) is 1. The van der Waals surface area contributed by atoms with E-state index in [-0.39, 0.29) is 11.8 Å². The first-order valence-electron chi connectivity index (χ1n) is 6.81. The van der Waals surface area contributed by atoms with E-state index < -0.39 is 5.60 Å². The van der Waals surface area contributed by atoms with Crippen LogP contribution >= 0.6 is 0 Å². The minimum Gasteiger partial charge on any atom is -0.389 e. The van der Waals surface area contributed by atoms with Gasteiger partial charge in [0, 0.05) is 13.6 Å². The highest BCUT2D eigenvalue weighted by Gasteiger charge is 2.23. The number of rotatable bonds is 5. The van der Waals surface area contributed by atoms with E-state index in [0.717, 1.165) is 12.0 Å². The zero-order valence-electron chi connectivity index (χ0n) is 12.6. The van der Waals surface area contributed by atoms with Crippen LogP contribution in [0.2, 0.25) is 0 Å². The molecule has 0 aromatic heterocycles. The van der Waals surface area contributed by atoms with Crippen molar-refractivity contribution in [3.8, 4) is 0 Å². The Morgan fingerprint density at radius 3 is 2.26 bits per heavy atom. The van der Waals surface area contributed by atoms with E-state index in [2.05, 4.69) is 19.1 Å². The number of carbonyl (C=O) groups is 1. The average molecular weight is 263 g/mol. The molecule has 19 heavy (non-hydrogen) atoms. The van der Waals surface area contributed by atoms with Crippen molar-refractivity contribution in [3.63, 3.8) is 0 Å². The number of amides is 1. The van der Waals surface area contributed by atoms with Crippen LogP contribution < -0.4 is 0 Å². The van der Waals surface area contributed by atoms with Crippen molar-refractivity contribution < 1.29 is 9.90 Å². The summed E-state index contributed by atoms with van der Waals surface area (Å²) in [6, 6.07) is 8.16. The van der Waals surface area contributed by atoms with Crippen LogP contribution in [-0.4, -0.2) is 35.1 Å². The molecular weight excluding hydrogens is 238 g/mol. The van der Waals surface area contributed by atoms with Crippen molar-refractivity contribution in [2.45, 2.75) is 45.6 Å². The molecule has 0 aliphatic carbocycles. The number of benzene rings is 1. The Labute approximate surface area is 116 Å². The van der Waals surface area contributed by atoms with Crippen LogP contribution in [0.1, 0.15) is 44.7 Å². The van der Waals surface area contributed by atoms with Gasteiger partial charge in [-0.25, -0.2) is 0 Å². The summed E-state index contributed by atoms with van der Waals surface area (Å²) in [6.45, 7) is 7.77. The number of carbonyl (C=O) groups excluding carboxylic acids is 1. The van der Waals surface area contributed by atoms with Crippen LogP contribution in [0.4, 0.5) is 0 Å². The third-order valence-electron chi connectivity index (χ3n) is 3.26. The Balaban J connectivity index is 2.75. The van der Waals surface area contributed by atoms with E-state index in [1.54, 1.807) is 25.8 Å². The van der Waals surface area contributed by atoms with E-state index in [4.69, 9.17) is 0 Å². The lowest BCUT2D eigenvalue weighted by molar-refractivity contribution is -0.133. The molecule has 1 N–H and O–H groups in total. The molecule has 1 unspecified atom stereocenters. The third kappa shape index (κ3) is 4.67. The number of likely N-dealkylation sites (N-methyl/N-ethyl adjacent to an activating group) is 1. The molecule has 0 aliphatic rings. The maximum Gasteiger partial charge on any atom is 0.229 e. The third-order valence-corrected chi connectivity index (χ3v) is 3.26. The predicted molar refractivity (Wildman–Crippen MR) is 78.2 cm³/mol. The Hall–Kier alpha value is -1.35. The van der Waals surface area contributed by atoms with Crippen molar-refractivity contribution in [2.75, 3.05) is 13.6 Å². The van der Waals surface area contributed by atoms with Gasteiger partial charge in [-0.2, -0.15) is 0 Å². The zero-order chi connectivity index (χ0) is 14.6. The molecule has 1 amide bonds. The lowest BCUT2D eigenvalue weighted by Gasteiger charge is -2.28. The second-order valence-corrected chi connectivity index (χ2v) is 5.82. The summed E-state index contributed by atoms with van der Waals surface area (Å²) in [4.78, 5) is 13.9. The SMILES string of the molecule is CCc1ccc(C(C)C(=O)N(C)CC(C)(C)O)cc1. The molecule has 0 spiro atoms. The Morgan fingerprint density at radius 2 is 1.84 bits per heavy atom. The molecule has 1 aromatic rings. The highest BCUT2D eigenvalue weighted by atomic mass is 16.3. The van der Waals surface area contributed by atoms with E-state index >= 15 is 0 Å². The topological polar surface area (TPSA) is 40.5 Å². The van der Waals surface area contributed by atoms with Gasteiger partial charge in [0.05, 0.1) is 11.5 Å². The number of nitrogens with zero attached hydrogens (tertiary/aromatic N) is 1. The summed E-state index contributed by atoms with van der Waals surface area (Å²) >= 11 is 0. The fourth-order valence-electron chi connectivity index (χ4n) is 2.17. The van der Waals surface area contributed by atoms with E-state index in [1.165, 1.54) is 5.56 Å². The lowest BCUT2D eigenvalue weighted by atomic mass is 9.97. The predicted octanol–water partition coefficient (Wildman–Crippen LogP) is 2.58. The Kier molecular flexibility index (Phi) is 5.12. The molecule has 0 aliphatic heterocycles. The first-order chi connectivity index (χ1) is 8.74. The standard InChI is InChI=1S/C16H25NO2/c1-6-13-7-9-14(10-8-13)12(2)15(18)17(5)11-16(3,4)19/h7-10,12,19H,6,11H2,1-5H3. The molecule has 1 atom stereocenters. The van der Waals surface area contributed by atoms with Gasteiger partial charge in [0.1, 0.15) is 0 Å². The molecule has 3 nitrogen and oxygen atoms in total. The lowest BCUT2D eigenvalue weighted by Crippen LogP contribution is -2.41. The molecule has 0 heterocycles. The highest BCUT2D eigenvalue weighted by Crippen LogP contribution is 2.19. The summed E-state index contributed by atoms with van der Waals surface area (Å²) in [6.07, 6.45) is 1.00. The Bertz CT molecular complexity index is 417. The monoisotopic (exact) mass is 263 g/mol. The van der Waals surface area contributed by atoms with Gasteiger partial charge >= 0.3 is 0 Å². The largest absolute Gasteiger partial charge is 0.389 e. The van der Waals surface area contributed by atoms with Gasteiger partial charge in [0.15, 0.2) is 0 Å². The van der Waals surface area contributed by atoms with Crippen molar-refractivity contribution in [2.24, 2.45) is 0 Å². The maximum atomic E-state index is 12.3. The van der Waals surface area contributed by atoms with Gasteiger partial charge in [-0.15, -0.1) is 0 Å². The van der Waals surface area contributed by atoms with Gasteiger partial charge in [-0.3, -0.25) is 4.79 Å². The second-order valence-electron chi connectivity index (χ2n) is 5.82. The normalized spacial score (nSPS) is 13.2. The number of aryl methyl sites for hydroxylation is 1. The summed E-state index contributed by atoms with van der Waals surface area (Å²) in [5.74, 6) is -0.148. The quantitative estimate of drug-likeness (QED) is 0.887. The fraction of sp³-hybridized carbons (Fsp3) is 0.562. The van der Waals surface area contributed by atoms with Crippen LogP contribution in [0.15, 0.2) is 24.3 Å². The maximum absolute atomic E-state index is 12.3. The summed E-state index contributed by atoms with van der Waals surface area (Å²) in [5.41, 5.74) is 1.42. The van der Waals surface area contributed by atoms with E-state index in [0.29, 0.717) is 6.54 Å². The summed E-state index contributed by atoms with van der Waals surface area (Å²) < 4.78 is 0. The smallest absolute Gasteiger partial charge is 0.229 e. The minimum atomic E-state index is -0.865. The molecule has 3 heteroatoms. The number of hydrogen-bond acceptors (Lipinski definition) is 2. The molecule has 0 saturated heterocycles. The summed E-state index contributed by atoms with van der Waals surface area (Å²) in [7, 11) is 1.73. The zero-order valence-corrected chi connectivity index (χ0v) is 12.6. The molecular formula is C16H25NO2. The van der Waals surface area contributed by atoms with Gasteiger partial charge in [0.2, 0.25) is 5.91 Å². The second kappa shape index (κ2) is 6.20. The van der Waals surface area contributed by atoms with Gasteiger partial charge in [0.25, 0.3) is 0 Å². The van der Waals surface area contributed by atoms with Crippen LogP contribution in [0, 0.1) is 0 Å². The Morgan fingerprint density at radius 1 is 1.32 bits per heavy atom. The van der Waals surface area contributed by atoms with Crippen LogP contribution in [0.5, 0.6) is 0 Å². The highest BCUT2D eigenvalue weighted by molar-refractivity contribution is 5.83. The molecule has 0 bridgehead atoms. The average Bonchev–Trinajstić information content (AvgIpc) is 2.35. The molecule has 0 radical (unpaired) electrons. The van der Waals surface area contributed by atoms with Gasteiger partial charge in [-0.05, 0) is 38.3 Å². The number of aliphatic hydroxyl groups is 1. The van der Waals surface area contributed by atoms with Crippen molar-refractivity contribution in [1.82, 2.24) is 4.90 Å². The van der Waals surface area contributed by atoms with Crippen molar-refractivity contribution in [3.05, 3.63) is 35.4 Å². The van der Waals surface area contributed by atoms with Crippen molar-refractivity contribution >= 4 is 5.91 Å². The van der Waals surface area contributed by atoms with Gasteiger partial charge in [-0.1, -0.05) is 31.2 Å². The minimum absolute atomic E-state index is 0.0337. The van der Waals surface area contributed by atoms with Crippen LogP contribution in [-0.2, 0) is 11.2 Å². The first-order valence-corrected chi connectivity index (χ1v) is 6.81. The molecule has 0 fully saturated rings. The fourth-order valence-corrected chi connectivity index (χ4v) is 2.17. The van der Waals surface area contributed by atoms with Gasteiger partial charge < -0.3 is 10.0 Å². The summed E-state index contributed by atoms with van der Waals surface area (Å²) in [5, 5.41) is 9.76. The van der Waals surface area contributed by atoms with Crippen LogP contribution in [0.3, 0.4) is 0 Å².